The Labute approximate surface area is 131 Å². The van der Waals surface area contributed by atoms with Crippen molar-refractivity contribution in [1.82, 2.24) is 15.5 Å². The maximum Gasteiger partial charge on any atom is 0.255 e. The molecule has 1 fully saturated rings. The first-order chi connectivity index (χ1) is 10.7. The predicted molar refractivity (Wildman–Crippen MR) is 85.8 cm³/mol. The monoisotopic (exact) mass is 307 g/mol. The molecule has 2 rings (SSSR count). The number of piperazine rings is 1. The molecule has 0 atom stereocenters. The van der Waals surface area contributed by atoms with E-state index in [0.717, 1.165) is 39.1 Å². The Morgan fingerprint density at radius 2 is 2.05 bits per heavy atom. The van der Waals surface area contributed by atoms with E-state index < -0.39 is 0 Å². The van der Waals surface area contributed by atoms with Gasteiger partial charge in [-0.25, -0.2) is 0 Å². The van der Waals surface area contributed by atoms with Crippen LogP contribution in [-0.4, -0.2) is 64.3 Å². The summed E-state index contributed by atoms with van der Waals surface area (Å²) < 4.78 is 10.4. The number of amides is 1. The van der Waals surface area contributed by atoms with Crippen molar-refractivity contribution in [2.24, 2.45) is 0 Å². The molecular weight excluding hydrogens is 282 g/mol. The largest absolute Gasteiger partial charge is 0.497 e. The summed E-state index contributed by atoms with van der Waals surface area (Å²) in [5.41, 5.74) is 0.533. The number of carbonyl (C=O) groups is 1. The zero-order valence-corrected chi connectivity index (χ0v) is 13.4. The summed E-state index contributed by atoms with van der Waals surface area (Å²) in [6, 6.07) is 5.21. The van der Waals surface area contributed by atoms with E-state index in [1.165, 1.54) is 0 Å². The van der Waals surface area contributed by atoms with Crippen molar-refractivity contribution in [2.45, 2.75) is 6.42 Å². The van der Waals surface area contributed by atoms with Crippen LogP contribution in [0.4, 0.5) is 0 Å². The van der Waals surface area contributed by atoms with Crippen LogP contribution in [0.15, 0.2) is 18.2 Å². The van der Waals surface area contributed by atoms with E-state index in [-0.39, 0.29) is 5.91 Å². The topological polar surface area (TPSA) is 62.8 Å². The van der Waals surface area contributed by atoms with E-state index >= 15 is 0 Å². The highest BCUT2D eigenvalue weighted by Crippen LogP contribution is 2.24. The lowest BCUT2D eigenvalue weighted by Gasteiger charge is -2.27. The molecule has 22 heavy (non-hydrogen) atoms. The lowest BCUT2D eigenvalue weighted by molar-refractivity contribution is 0.0948. The summed E-state index contributed by atoms with van der Waals surface area (Å²) in [5.74, 6) is 1.09. The van der Waals surface area contributed by atoms with E-state index in [2.05, 4.69) is 15.5 Å². The molecule has 0 bridgehead atoms. The minimum absolute atomic E-state index is 0.111. The standard InChI is InChI=1S/C16H25N3O3/c1-21-13-4-5-14(15(12-13)22-2)16(20)18-6-3-9-19-10-7-17-8-11-19/h4-5,12,17H,3,6-11H2,1-2H3,(H,18,20). The van der Waals surface area contributed by atoms with Crippen molar-refractivity contribution in [1.29, 1.82) is 0 Å². The Bertz CT molecular complexity index is 488. The Kier molecular flexibility index (Phi) is 6.48. The van der Waals surface area contributed by atoms with E-state index in [0.29, 0.717) is 23.6 Å². The third-order valence-corrected chi connectivity index (χ3v) is 3.80. The fourth-order valence-electron chi connectivity index (χ4n) is 2.52. The second-order valence-electron chi connectivity index (χ2n) is 5.27. The quantitative estimate of drug-likeness (QED) is 0.727. The van der Waals surface area contributed by atoms with Gasteiger partial charge in [-0.15, -0.1) is 0 Å². The van der Waals surface area contributed by atoms with E-state index in [9.17, 15) is 4.79 Å². The van der Waals surface area contributed by atoms with Gasteiger partial charge in [0.25, 0.3) is 5.91 Å². The summed E-state index contributed by atoms with van der Waals surface area (Å²) >= 11 is 0. The molecule has 6 heteroatoms. The summed E-state index contributed by atoms with van der Waals surface area (Å²) in [4.78, 5) is 14.6. The van der Waals surface area contributed by atoms with Gasteiger partial charge in [0, 0.05) is 38.8 Å². The lowest BCUT2D eigenvalue weighted by atomic mass is 10.1. The smallest absolute Gasteiger partial charge is 0.255 e. The fraction of sp³-hybridized carbons (Fsp3) is 0.562. The molecule has 2 N–H and O–H groups in total. The molecular formula is C16H25N3O3. The van der Waals surface area contributed by atoms with Crippen molar-refractivity contribution < 1.29 is 14.3 Å². The van der Waals surface area contributed by atoms with Crippen LogP contribution in [0, 0.1) is 0 Å². The number of rotatable bonds is 7. The second kappa shape index (κ2) is 8.60. The number of carbonyl (C=O) groups excluding carboxylic acids is 1. The van der Waals surface area contributed by atoms with Crippen LogP contribution >= 0.6 is 0 Å². The van der Waals surface area contributed by atoms with Gasteiger partial charge in [0.15, 0.2) is 0 Å². The molecule has 1 aliphatic heterocycles. The number of methoxy groups -OCH3 is 2. The molecule has 0 spiro atoms. The van der Waals surface area contributed by atoms with Crippen molar-refractivity contribution >= 4 is 5.91 Å². The van der Waals surface area contributed by atoms with Gasteiger partial charge in [-0.3, -0.25) is 4.79 Å². The molecule has 1 saturated heterocycles. The molecule has 0 aromatic heterocycles. The van der Waals surface area contributed by atoms with Gasteiger partial charge in [-0.2, -0.15) is 0 Å². The van der Waals surface area contributed by atoms with Crippen LogP contribution in [0.25, 0.3) is 0 Å². The molecule has 0 aliphatic carbocycles. The summed E-state index contributed by atoms with van der Waals surface area (Å²) in [5, 5.41) is 6.28. The molecule has 1 amide bonds. The van der Waals surface area contributed by atoms with Crippen LogP contribution in [0.2, 0.25) is 0 Å². The minimum atomic E-state index is -0.111. The zero-order valence-electron chi connectivity index (χ0n) is 13.4. The third kappa shape index (κ3) is 4.61. The van der Waals surface area contributed by atoms with Gasteiger partial charge < -0.3 is 25.0 Å². The van der Waals surface area contributed by atoms with Gasteiger partial charge in [-0.05, 0) is 25.1 Å². The Morgan fingerprint density at radius 1 is 1.27 bits per heavy atom. The number of nitrogens with zero attached hydrogens (tertiary/aromatic N) is 1. The SMILES string of the molecule is COc1ccc(C(=O)NCCCN2CCNCC2)c(OC)c1. The third-order valence-electron chi connectivity index (χ3n) is 3.80. The highest BCUT2D eigenvalue weighted by Gasteiger charge is 2.13. The Hall–Kier alpha value is -1.79. The second-order valence-corrected chi connectivity index (χ2v) is 5.27. The fourth-order valence-corrected chi connectivity index (χ4v) is 2.52. The summed E-state index contributed by atoms with van der Waals surface area (Å²) in [7, 11) is 3.14. The normalized spacial score (nSPS) is 15.4. The van der Waals surface area contributed by atoms with Crippen LogP contribution in [0.1, 0.15) is 16.8 Å². The van der Waals surface area contributed by atoms with Crippen molar-refractivity contribution in [3.63, 3.8) is 0 Å². The Morgan fingerprint density at radius 3 is 2.73 bits per heavy atom. The molecule has 1 heterocycles. The first kappa shape index (κ1) is 16.6. The number of ether oxygens (including phenoxy) is 2. The van der Waals surface area contributed by atoms with Gasteiger partial charge in [-0.1, -0.05) is 0 Å². The highest BCUT2D eigenvalue weighted by atomic mass is 16.5. The van der Waals surface area contributed by atoms with Gasteiger partial charge in [0.2, 0.25) is 0 Å². The molecule has 0 radical (unpaired) electrons. The van der Waals surface area contributed by atoms with E-state index in [1.807, 2.05) is 0 Å². The minimum Gasteiger partial charge on any atom is -0.497 e. The highest BCUT2D eigenvalue weighted by molar-refractivity contribution is 5.97. The number of benzene rings is 1. The molecule has 6 nitrogen and oxygen atoms in total. The average molecular weight is 307 g/mol. The van der Waals surface area contributed by atoms with Gasteiger partial charge in [0.05, 0.1) is 19.8 Å². The zero-order chi connectivity index (χ0) is 15.8. The summed E-state index contributed by atoms with van der Waals surface area (Å²) in [6.45, 7) is 5.95. The first-order valence-corrected chi connectivity index (χ1v) is 7.68. The molecule has 1 aromatic carbocycles. The lowest BCUT2D eigenvalue weighted by Crippen LogP contribution is -2.44. The molecule has 1 aliphatic rings. The van der Waals surface area contributed by atoms with Crippen molar-refractivity contribution in [3.05, 3.63) is 23.8 Å². The molecule has 0 unspecified atom stereocenters. The molecule has 122 valence electrons. The molecule has 0 saturated carbocycles. The van der Waals surface area contributed by atoms with Gasteiger partial charge in [0.1, 0.15) is 11.5 Å². The average Bonchev–Trinajstić information content (AvgIpc) is 2.58. The number of nitrogens with one attached hydrogen (secondary N) is 2. The summed E-state index contributed by atoms with van der Waals surface area (Å²) in [6.07, 6.45) is 0.949. The maximum absolute atomic E-state index is 12.2. The number of hydrogen-bond donors (Lipinski definition) is 2. The van der Waals surface area contributed by atoms with Gasteiger partial charge >= 0.3 is 0 Å². The van der Waals surface area contributed by atoms with Crippen LogP contribution in [0.3, 0.4) is 0 Å². The molecule has 1 aromatic rings. The first-order valence-electron chi connectivity index (χ1n) is 7.68. The van der Waals surface area contributed by atoms with E-state index in [1.54, 1.807) is 32.4 Å². The number of hydrogen-bond acceptors (Lipinski definition) is 5. The Balaban J connectivity index is 1.79. The maximum atomic E-state index is 12.2. The van der Waals surface area contributed by atoms with Crippen LogP contribution < -0.4 is 20.1 Å². The van der Waals surface area contributed by atoms with E-state index in [4.69, 9.17) is 9.47 Å². The van der Waals surface area contributed by atoms with Crippen LogP contribution in [0.5, 0.6) is 11.5 Å². The van der Waals surface area contributed by atoms with Crippen molar-refractivity contribution in [3.8, 4) is 11.5 Å². The van der Waals surface area contributed by atoms with Crippen LogP contribution in [-0.2, 0) is 0 Å². The predicted octanol–water partition coefficient (Wildman–Crippen LogP) is 0.729. The van der Waals surface area contributed by atoms with Crippen molar-refractivity contribution in [2.75, 3.05) is 53.5 Å².